The van der Waals surface area contributed by atoms with Gasteiger partial charge in [0.1, 0.15) is 6.04 Å². The van der Waals surface area contributed by atoms with E-state index in [2.05, 4.69) is 10.6 Å². The molecule has 0 saturated carbocycles. The van der Waals surface area contributed by atoms with Crippen LogP contribution in [0.2, 0.25) is 0 Å². The Bertz CT molecular complexity index is 961. The fourth-order valence-electron chi connectivity index (χ4n) is 4.49. The van der Waals surface area contributed by atoms with Gasteiger partial charge in [-0.3, -0.25) is 29.4 Å². The van der Waals surface area contributed by atoms with Crippen LogP contribution >= 0.6 is 8.53 Å². The van der Waals surface area contributed by atoms with Crippen LogP contribution in [-0.4, -0.2) is 69.4 Å². The van der Waals surface area contributed by atoms with Crippen LogP contribution in [0.25, 0.3) is 0 Å². The molecule has 0 radical (unpaired) electrons. The number of hydrogen-bond acceptors (Lipinski definition) is 8. The fraction of sp³-hybridized carbons (Fsp3) is 0.583. The first-order chi connectivity index (χ1) is 16.6. The summed E-state index contributed by atoms with van der Waals surface area (Å²) in [4.78, 5) is 61.0. The third-order valence-corrected chi connectivity index (χ3v) is 7.80. The second kappa shape index (κ2) is 12.0. The molecule has 1 saturated heterocycles. The van der Waals surface area contributed by atoms with Gasteiger partial charge in [-0.1, -0.05) is 6.07 Å². The average molecular weight is 507 g/mol. The lowest BCUT2D eigenvalue weighted by Crippen LogP contribution is -2.54. The third-order valence-electron chi connectivity index (χ3n) is 6.07. The van der Waals surface area contributed by atoms with Gasteiger partial charge in [-0.25, -0.2) is 4.67 Å². The van der Waals surface area contributed by atoms with E-state index in [0.29, 0.717) is 18.8 Å². The van der Waals surface area contributed by atoms with Crippen molar-refractivity contribution < 1.29 is 28.6 Å². The number of unbranched alkanes of at least 4 members (excludes halogenated alkanes) is 2. The lowest BCUT2D eigenvalue weighted by molar-refractivity contribution is -0.136. The summed E-state index contributed by atoms with van der Waals surface area (Å²) in [5.41, 5.74) is 1.07. The molecule has 192 valence electrons. The van der Waals surface area contributed by atoms with Crippen LogP contribution in [0.4, 0.5) is 5.69 Å². The highest BCUT2D eigenvalue weighted by Crippen LogP contribution is 2.40. The Balaban J connectivity index is 1.49. The van der Waals surface area contributed by atoms with Gasteiger partial charge in [-0.15, -0.1) is 0 Å². The first-order valence-electron chi connectivity index (χ1n) is 12.1. The number of carbonyl (C=O) groups excluding carboxylic acids is 4. The van der Waals surface area contributed by atoms with Gasteiger partial charge < -0.3 is 14.7 Å². The quantitative estimate of drug-likeness (QED) is 0.224. The molecule has 2 heterocycles. The molecule has 3 N–H and O–H groups in total. The van der Waals surface area contributed by atoms with Crippen molar-refractivity contribution >= 4 is 37.8 Å². The highest BCUT2D eigenvalue weighted by molar-refractivity contribution is 7.43. The summed E-state index contributed by atoms with van der Waals surface area (Å²) in [6.07, 6.45) is 2.68. The average Bonchev–Trinajstić information content (AvgIpc) is 3.03. The molecule has 11 heteroatoms. The number of fused-ring (bicyclic) bond motifs is 1. The monoisotopic (exact) mass is 506 g/mol. The Kier molecular flexibility index (Phi) is 9.35. The summed E-state index contributed by atoms with van der Waals surface area (Å²) < 4.78 is 7.61. The van der Waals surface area contributed by atoms with Gasteiger partial charge in [0.25, 0.3) is 20.3 Å². The van der Waals surface area contributed by atoms with Crippen molar-refractivity contribution in [3.05, 3.63) is 29.3 Å². The van der Waals surface area contributed by atoms with Crippen molar-refractivity contribution in [3.8, 4) is 0 Å². The van der Waals surface area contributed by atoms with Gasteiger partial charge >= 0.3 is 0 Å². The zero-order chi connectivity index (χ0) is 25.7. The molecule has 2 aliphatic heterocycles. The van der Waals surface area contributed by atoms with Crippen LogP contribution in [0.1, 0.15) is 80.5 Å². The molecule has 0 aromatic heterocycles. The highest BCUT2D eigenvalue weighted by Gasteiger charge is 2.45. The van der Waals surface area contributed by atoms with Gasteiger partial charge in [0.2, 0.25) is 11.8 Å². The number of piperidine rings is 1. The van der Waals surface area contributed by atoms with E-state index in [1.165, 1.54) is 0 Å². The molecule has 1 fully saturated rings. The van der Waals surface area contributed by atoms with Crippen LogP contribution in [0.15, 0.2) is 18.2 Å². The summed E-state index contributed by atoms with van der Waals surface area (Å²) in [5.74, 6) is -2.06. The second-order valence-corrected chi connectivity index (χ2v) is 10.5. The lowest BCUT2D eigenvalue weighted by atomic mass is 10.0. The maximum absolute atomic E-state index is 13.1. The van der Waals surface area contributed by atoms with E-state index >= 15 is 0 Å². The number of anilines is 1. The third kappa shape index (κ3) is 6.25. The topological polar surface area (TPSA) is 128 Å². The number of nitrogens with one attached hydrogen (secondary N) is 2. The van der Waals surface area contributed by atoms with Crippen molar-refractivity contribution in [1.82, 2.24) is 14.9 Å². The maximum Gasteiger partial charge on any atom is 0.264 e. The number of nitrogens with zero attached hydrogens (tertiary/aromatic N) is 2. The van der Waals surface area contributed by atoms with E-state index in [9.17, 15) is 24.1 Å². The predicted molar refractivity (Wildman–Crippen MR) is 133 cm³/mol. The minimum atomic E-state index is -1.62. The van der Waals surface area contributed by atoms with Gasteiger partial charge in [-0.05, 0) is 65.5 Å². The minimum Gasteiger partial charge on any atom is -0.384 e. The summed E-state index contributed by atoms with van der Waals surface area (Å²) in [6, 6.07) is 4.44. The Morgan fingerprint density at radius 3 is 2.49 bits per heavy atom. The lowest BCUT2D eigenvalue weighted by Gasteiger charge is -2.32. The molecule has 10 nitrogen and oxygen atoms in total. The van der Waals surface area contributed by atoms with Crippen LogP contribution in [-0.2, 0) is 14.1 Å². The molecular weight excluding hydrogens is 471 g/mol. The molecule has 1 aromatic rings. The Morgan fingerprint density at radius 2 is 1.83 bits per heavy atom. The van der Waals surface area contributed by atoms with Gasteiger partial charge in [-0.2, -0.15) is 0 Å². The molecule has 2 unspecified atom stereocenters. The van der Waals surface area contributed by atoms with Gasteiger partial charge in [0.15, 0.2) is 0 Å². The van der Waals surface area contributed by atoms with E-state index in [1.54, 1.807) is 18.2 Å². The summed E-state index contributed by atoms with van der Waals surface area (Å²) in [6.45, 7) is 9.18. The number of rotatable bonds is 12. The number of hydrogen-bond donors (Lipinski definition) is 3. The van der Waals surface area contributed by atoms with E-state index in [0.717, 1.165) is 24.2 Å². The first-order valence-corrected chi connectivity index (χ1v) is 13.3. The number of imide groups is 2. The summed E-state index contributed by atoms with van der Waals surface area (Å²) in [5, 5.41) is 5.44. The number of amides is 4. The molecule has 2 atom stereocenters. The normalized spacial score (nSPS) is 19.1. The Labute approximate surface area is 207 Å². The Morgan fingerprint density at radius 1 is 1.11 bits per heavy atom. The van der Waals surface area contributed by atoms with Crippen molar-refractivity contribution in [2.75, 3.05) is 18.5 Å². The molecule has 2 aliphatic rings. The summed E-state index contributed by atoms with van der Waals surface area (Å²) >= 11 is 0. The summed E-state index contributed by atoms with van der Waals surface area (Å²) in [7, 11) is -1.62. The molecule has 1 aromatic carbocycles. The number of carbonyl (C=O) groups is 4. The van der Waals surface area contributed by atoms with Crippen LogP contribution in [0.5, 0.6) is 0 Å². The fourth-order valence-corrected chi connectivity index (χ4v) is 5.71. The second-order valence-electron chi connectivity index (χ2n) is 9.32. The molecule has 35 heavy (non-hydrogen) atoms. The number of benzene rings is 1. The molecule has 0 aliphatic carbocycles. The van der Waals surface area contributed by atoms with Crippen molar-refractivity contribution in [3.63, 3.8) is 0 Å². The molecular formula is C24H35N4O6P. The van der Waals surface area contributed by atoms with E-state index in [1.807, 2.05) is 32.4 Å². The largest absolute Gasteiger partial charge is 0.384 e. The van der Waals surface area contributed by atoms with Crippen LogP contribution < -0.4 is 10.6 Å². The predicted octanol–water partition coefficient (Wildman–Crippen LogP) is 3.02. The van der Waals surface area contributed by atoms with Crippen molar-refractivity contribution in [2.45, 2.75) is 77.9 Å². The minimum absolute atomic E-state index is 0.0871. The molecule has 0 bridgehead atoms. The smallest absolute Gasteiger partial charge is 0.264 e. The van der Waals surface area contributed by atoms with E-state index in [4.69, 9.17) is 4.52 Å². The molecule has 3 rings (SSSR count). The Hall–Kier alpha value is -2.39. The highest BCUT2D eigenvalue weighted by atomic mass is 31.2. The van der Waals surface area contributed by atoms with E-state index < -0.39 is 38.2 Å². The molecule has 0 spiro atoms. The maximum atomic E-state index is 13.1. The van der Waals surface area contributed by atoms with Crippen LogP contribution in [0, 0.1) is 0 Å². The zero-order valence-electron chi connectivity index (χ0n) is 20.7. The first kappa shape index (κ1) is 27.2. The van der Waals surface area contributed by atoms with Gasteiger partial charge in [0.05, 0.1) is 17.7 Å². The van der Waals surface area contributed by atoms with E-state index in [-0.39, 0.29) is 36.1 Å². The SMILES string of the molecule is CC(C)N(C(C)C)P(O)OCCCCCNc1cccc2c1C(=O)N(C1CCC(=O)NC1=O)C2=O. The van der Waals surface area contributed by atoms with Crippen molar-refractivity contribution in [2.24, 2.45) is 0 Å². The molecule has 4 amide bonds. The van der Waals surface area contributed by atoms with Crippen LogP contribution in [0.3, 0.4) is 0 Å². The van der Waals surface area contributed by atoms with Gasteiger partial charge in [0, 0.05) is 30.7 Å². The van der Waals surface area contributed by atoms with Crippen molar-refractivity contribution in [1.29, 1.82) is 0 Å². The zero-order valence-corrected chi connectivity index (χ0v) is 21.6. The standard InChI is InChI=1S/C24H35N4O6P/c1-15(2)28(16(3)4)35(33)34-14-7-5-6-13-25-18-10-8-9-17-21(18)24(32)27(23(17)31)19-11-12-20(29)26-22(19)30/h8-10,15-16,19,25,33H,5-7,11-14H2,1-4H3,(H,26,29,30).